The van der Waals surface area contributed by atoms with Crippen LogP contribution in [0.1, 0.15) is 49.8 Å². The molecule has 2 amide bonds. The molecule has 9 heteroatoms. The van der Waals surface area contributed by atoms with Crippen molar-refractivity contribution in [3.05, 3.63) is 53.9 Å². The number of ether oxygens (including phenoxy) is 2. The predicted molar refractivity (Wildman–Crippen MR) is 163 cm³/mol. The number of likely N-dealkylation sites (N-methyl/N-ethyl adjacent to an activating group) is 1. The molecule has 5 rings (SSSR count). The number of aromatic nitrogens is 1. The summed E-state index contributed by atoms with van der Waals surface area (Å²) >= 11 is 0. The van der Waals surface area contributed by atoms with E-state index in [1.807, 2.05) is 35.0 Å². The van der Waals surface area contributed by atoms with Gasteiger partial charge in [0.2, 0.25) is 11.8 Å². The van der Waals surface area contributed by atoms with E-state index < -0.39 is 0 Å². The largest absolute Gasteiger partial charge is 0.493 e. The molecule has 2 fully saturated rings. The number of fused-ring (bicyclic) bond motifs is 3. The van der Waals surface area contributed by atoms with Crippen molar-refractivity contribution in [1.29, 1.82) is 0 Å². The van der Waals surface area contributed by atoms with Gasteiger partial charge in [-0.25, -0.2) is 0 Å². The Kier molecular flexibility index (Phi) is 10.7. The summed E-state index contributed by atoms with van der Waals surface area (Å²) in [7, 11) is 3.65. The van der Waals surface area contributed by atoms with Crippen LogP contribution in [-0.4, -0.2) is 92.7 Å². The first kappa shape index (κ1) is 30.3. The fourth-order valence-electron chi connectivity index (χ4n) is 6.74. The van der Waals surface area contributed by atoms with Crippen LogP contribution in [0.15, 0.2) is 42.6 Å². The summed E-state index contributed by atoms with van der Waals surface area (Å²) in [6.07, 6.45) is 8.06. The minimum absolute atomic E-state index is 0.134. The van der Waals surface area contributed by atoms with Gasteiger partial charge in [0.15, 0.2) is 0 Å². The fourth-order valence-corrected chi connectivity index (χ4v) is 6.74. The van der Waals surface area contributed by atoms with Crippen molar-refractivity contribution in [1.82, 2.24) is 20.1 Å². The number of methoxy groups -OCH3 is 1. The van der Waals surface area contributed by atoms with Crippen LogP contribution < -0.4 is 15.0 Å². The van der Waals surface area contributed by atoms with Gasteiger partial charge in [0.25, 0.3) is 0 Å². The zero-order chi connectivity index (χ0) is 29.3. The molecular formula is C33H47N5O4. The zero-order valence-corrected chi connectivity index (χ0v) is 25.3. The van der Waals surface area contributed by atoms with Gasteiger partial charge in [-0.15, -0.1) is 0 Å². The molecule has 2 aromatic rings. The van der Waals surface area contributed by atoms with Gasteiger partial charge in [-0.2, -0.15) is 0 Å². The molecule has 9 nitrogen and oxygen atoms in total. The van der Waals surface area contributed by atoms with Crippen LogP contribution in [0.2, 0.25) is 0 Å². The number of anilines is 1. The smallest absolute Gasteiger partial charge is 0.236 e. The quantitative estimate of drug-likeness (QED) is 0.514. The van der Waals surface area contributed by atoms with Crippen LogP contribution in [0.3, 0.4) is 0 Å². The molecular weight excluding hydrogens is 530 g/mol. The molecule has 1 aromatic carbocycles. The maximum absolute atomic E-state index is 13.2. The second kappa shape index (κ2) is 14.8. The Bertz CT molecular complexity index is 1180. The highest BCUT2D eigenvalue weighted by molar-refractivity contribution is 5.79. The Morgan fingerprint density at radius 1 is 1.14 bits per heavy atom. The molecule has 42 heavy (non-hydrogen) atoms. The molecule has 4 heterocycles. The Labute approximate surface area is 250 Å². The number of carbonyl (C=O) groups is 2. The van der Waals surface area contributed by atoms with Gasteiger partial charge in [0.1, 0.15) is 5.75 Å². The van der Waals surface area contributed by atoms with Crippen molar-refractivity contribution < 1.29 is 19.1 Å². The summed E-state index contributed by atoms with van der Waals surface area (Å²) < 4.78 is 11.8. The zero-order valence-electron chi connectivity index (χ0n) is 25.3. The first-order valence-corrected chi connectivity index (χ1v) is 15.7. The van der Waals surface area contributed by atoms with Crippen LogP contribution in [-0.2, 0) is 27.3 Å². The Balaban J connectivity index is 1.21. The van der Waals surface area contributed by atoms with Gasteiger partial charge in [0, 0.05) is 82.9 Å². The molecule has 3 aliphatic rings. The van der Waals surface area contributed by atoms with Gasteiger partial charge >= 0.3 is 0 Å². The molecule has 0 radical (unpaired) electrons. The lowest BCUT2D eigenvalue weighted by Crippen LogP contribution is -2.47. The van der Waals surface area contributed by atoms with Crippen LogP contribution in [0.25, 0.3) is 0 Å². The molecule has 1 aromatic heterocycles. The lowest BCUT2D eigenvalue weighted by atomic mass is 9.80. The number of piperidine rings is 1. The van der Waals surface area contributed by atoms with Crippen molar-refractivity contribution in [3.63, 3.8) is 0 Å². The average Bonchev–Trinajstić information content (AvgIpc) is 3.47. The Morgan fingerprint density at radius 3 is 2.88 bits per heavy atom. The monoisotopic (exact) mass is 577 g/mol. The normalized spacial score (nSPS) is 23.3. The minimum Gasteiger partial charge on any atom is -0.493 e. The van der Waals surface area contributed by atoms with Crippen molar-refractivity contribution in [3.8, 4) is 5.75 Å². The van der Waals surface area contributed by atoms with Crippen LogP contribution in [0.4, 0.5) is 5.69 Å². The van der Waals surface area contributed by atoms with Crippen molar-refractivity contribution in [2.24, 2.45) is 11.8 Å². The number of pyridine rings is 1. The molecule has 0 spiro atoms. The second-order valence-corrected chi connectivity index (χ2v) is 12.1. The number of rotatable bonds is 8. The number of amides is 2. The van der Waals surface area contributed by atoms with Crippen molar-refractivity contribution in [2.45, 2.75) is 57.5 Å². The third kappa shape index (κ3) is 7.81. The number of carbonyl (C=O) groups excluding carboxylic acids is 2. The van der Waals surface area contributed by atoms with E-state index in [9.17, 15) is 9.59 Å². The molecule has 2 bridgehead atoms. The van der Waals surface area contributed by atoms with Crippen LogP contribution >= 0.6 is 0 Å². The van der Waals surface area contributed by atoms with E-state index in [0.717, 1.165) is 62.3 Å². The molecule has 228 valence electrons. The lowest BCUT2D eigenvalue weighted by Gasteiger charge is -2.39. The highest BCUT2D eigenvalue weighted by atomic mass is 16.5. The van der Waals surface area contributed by atoms with E-state index in [0.29, 0.717) is 51.8 Å². The third-order valence-corrected chi connectivity index (χ3v) is 9.22. The highest BCUT2D eigenvalue weighted by Gasteiger charge is 2.33. The van der Waals surface area contributed by atoms with Crippen molar-refractivity contribution in [2.75, 3.05) is 65.0 Å². The molecule has 3 aliphatic heterocycles. The first-order chi connectivity index (χ1) is 20.5. The van der Waals surface area contributed by atoms with Gasteiger partial charge in [0.05, 0.1) is 25.8 Å². The van der Waals surface area contributed by atoms with E-state index in [-0.39, 0.29) is 23.7 Å². The molecule has 3 atom stereocenters. The maximum atomic E-state index is 13.2. The number of hydrogen-bond donors (Lipinski definition) is 1. The van der Waals surface area contributed by atoms with E-state index >= 15 is 0 Å². The van der Waals surface area contributed by atoms with Crippen molar-refractivity contribution >= 4 is 17.5 Å². The molecule has 1 N–H and O–H groups in total. The van der Waals surface area contributed by atoms with Gasteiger partial charge in [-0.3, -0.25) is 14.6 Å². The summed E-state index contributed by atoms with van der Waals surface area (Å²) in [6.45, 7) is 5.33. The summed E-state index contributed by atoms with van der Waals surface area (Å²) in [5.41, 5.74) is 3.27. The number of nitrogens with zero attached hydrogens (tertiary/aromatic N) is 4. The Hall–Kier alpha value is -3.17. The highest BCUT2D eigenvalue weighted by Crippen LogP contribution is 2.33. The first-order valence-electron chi connectivity index (χ1n) is 15.7. The Morgan fingerprint density at radius 2 is 2.05 bits per heavy atom. The fraction of sp³-hybridized carbons (Fsp3) is 0.606. The average molecular weight is 578 g/mol. The van der Waals surface area contributed by atoms with Gasteiger partial charge < -0.3 is 29.5 Å². The number of benzene rings is 1. The molecule has 0 saturated carbocycles. The summed E-state index contributed by atoms with van der Waals surface area (Å²) in [5.74, 6) is 1.74. The third-order valence-electron chi connectivity index (χ3n) is 9.22. The van der Waals surface area contributed by atoms with Gasteiger partial charge in [-0.1, -0.05) is 6.07 Å². The number of hydrogen-bond acceptors (Lipinski definition) is 7. The van der Waals surface area contributed by atoms with E-state index in [2.05, 4.69) is 33.4 Å². The molecule has 2 saturated heterocycles. The summed E-state index contributed by atoms with van der Waals surface area (Å²) in [6, 6.07) is 12.7. The van der Waals surface area contributed by atoms with Crippen LogP contribution in [0, 0.1) is 11.8 Å². The minimum atomic E-state index is 0.134. The molecule has 0 unspecified atom stereocenters. The standard InChI is InChI=1S/C33H47N5O4/c1-36(16-13-28-8-3-4-14-35-28)32(39)20-25-12-17-37-23-26(25)7-6-18-42-31-11-10-29(19-27(31)21-34-22-33(37)40)38-15-5-9-30(38)24-41-2/h3-4,8,10-11,14,19,25-26,30,34H,5-7,9,12-13,15-18,20-24H2,1-2H3/t25-,26-,30-/m0/s1. The topological polar surface area (TPSA) is 87.2 Å². The maximum Gasteiger partial charge on any atom is 0.236 e. The summed E-state index contributed by atoms with van der Waals surface area (Å²) in [4.78, 5) is 37.0. The SMILES string of the molecule is COC[C@@H]1CCCN1c1ccc2c(c1)CNCC(=O)N1CC[C@@H](CC(=O)N(C)CCc3ccccn3)[C@@H](CCCO2)C1. The lowest BCUT2D eigenvalue weighted by molar-refractivity contribution is -0.134. The second-order valence-electron chi connectivity index (χ2n) is 12.1. The van der Waals surface area contributed by atoms with Gasteiger partial charge in [-0.05, 0) is 74.3 Å². The summed E-state index contributed by atoms with van der Waals surface area (Å²) in [5, 5.41) is 3.39. The van der Waals surface area contributed by atoms with E-state index in [1.165, 1.54) is 12.1 Å². The predicted octanol–water partition coefficient (Wildman–Crippen LogP) is 3.51. The van der Waals surface area contributed by atoms with Crippen LogP contribution in [0.5, 0.6) is 5.75 Å². The molecule has 0 aliphatic carbocycles. The number of nitrogens with one attached hydrogen (secondary N) is 1. The van der Waals surface area contributed by atoms with E-state index in [1.54, 1.807) is 13.3 Å². The van der Waals surface area contributed by atoms with E-state index in [4.69, 9.17) is 9.47 Å².